The second-order valence-electron chi connectivity index (χ2n) is 9.24. The molecule has 0 aliphatic heterocycles. The van der Waals surface area contributed by atoms with Gasteiger partial charge in [-0.25, -0.2) is 4.39 Å². The third-order valence-corrected chi connectivity index (χ3v) is 5.68. The maximum atomic E-state index is 13.6. The molecule has 1 aliphatic carbocycles. The van der Waals surface area contributed by atoms with Crippen molar-refractivity contribution in [3.8, 4) is 0 Å². The fourth-order valence-corrected chi connectivity index (χ4v) is 3.75. The van der Waals surface area contributed by atoms with Crippen LogP contribution in [0.5, 0.6) is 0 Å². The van der Waals surface area contributed by atoms with Gasteiger partial charge in [-0.05, 0) is 82.2 Å². The van der Waals surface area contributed by atoms with Gasteiger partial charge in [0.05, 0.1) is 16.9 Å². The summed E-state index contributed by atoms with van der Waals surface area (Å²) in [4.78, 5) is 38.6. The van der Waals surface area contributed by atoms with Crippen molar-refractivity contribution in [2.24, 2.45) is 13.0 Å². The van der Waals surface area contributed by atoms with Gasteiger partial charge in [-0.1, -0.05) is 0 Å². The van der Waals surface area contributed by atoms with Crippen molar-refractivity contribution in [1.82, 2.24) is 9.88 Å². The molecule has 7 nitrogen and oxygen atoms in total. The predicted molar refractivity (Wildman–Crippen MR) is 119 cm³/mol. The highest BCUT2D eigenvalue weighted by Crippen LogP contribution is 2.35. The SMILES string of the molecule is Cc1cc(NC(=O)c2c(C)c(C(=O)C(=O)NCC(C)(C)O)n(C)c2CC2CC2)ccc1F. The van der Waals surface area contributed by atoms with Gasteiger partial charge in [-0.15, -0.1) is 0 Å². The Balaban J connectivity index is 1.94. The van der Waals surface area contributed by atoms with E-state index < -0.39 is 23.2 Å². The van der Waals surface area contributed by atoms with Crippen LogP contribution in [0.3, 0.4) is 0 Å². The Labute approximate surface area is 187 Å². The van der Waals surface area contributed by atoms with Gasteiger partial charge >= 0.3 is 0 Å². The third kappa shape index (κ3) is 5.24. The molecule has 0 spiro atoms. The van der Waals surface area contributed by atoms with E-state index in [4.69, 9.17) is 0 Å². The maximum Gasteiger partial charge on any atom is 0.294 e. The molecule has 1 saturated carbocycles. The summed E-state index contributed by atoms with van der Waals surface area (Å²) in [5.41, 5.74) is 1.32. The first-order valence-corrected chi connectivity index (χ1v) is 10.7. The number of hydrogen-bond acceptors (Lipinski definition) is 4. The fraction of sp³-hybridized carbons (Fsp3) is 0.458. The number of carbonyl (C=O) groups excluding carboxylic acids is 3. The zero-order chi connectivity index (χ0) is 23.8. The van der Waals surface area contributed by atoms with Crippen molar-refractivity contribution < 1.29 is 23.9 Å². The molecule has 2 aromatic rings. The number of nitrogens with one attached hydrogen (secondary N) is 2. The molecular formula is C24H30FN3O4. The lowest BCUT2D eigenvalue weighted by atomic mass is 10.0. The molecule has 0 atom stereocenters. The summed E-state index contributed by atoms with van der Waals surface area (Å²) in [5, 5.41) is 15.1. The second-order valence-corrected chi connectivity index (χ2v) is 9.24. The molecule has 172 valence electrons. The summed E-state index contributed by atoms with van der Waals surface area (Å²) < 4.78 is 15.2. The molecule has 0 bridgehead atoms. The first-order chi connectivity index (χ1) is 14.9. The van der Waals surface area contributed by atoms with Gasteiger partial charge < -0.3 is 20.3 Å². The van der Waals surface area contributed by atoms with E-state index in [1.807, 2.05) is 0 Å². The number of aryl methyl sites for hydroxylation is 1. The van der Waals surface area contributed by atoms with Gasteiger partial charge in [0.15, 0.2) is 0 Å². The van der Waals surface area contributed by atoms with Crippen LogP contribution in [0, 0.1) is 25.6 Å². The Bertz CT molecular complexity index is 1080. The number of nitrogens with zero attached hydrogens (tertiary/aromatic N) is 1. The summed E-state index contributed by atoms with van der Waals surface area (Å²) in [7, 11) is 1.68. The van der Waals surface area contributed by atoms with Gasteiger partial charge in [0.25, 0.3) is 17.6 Å². The molecule has 1 fully saturated rings. The first kappa shape index (κ1) is 23.7. The molecule has 32 heavy (non-hydrogen) atoms. The van der Waals surface area contributed by atoms with E-state index in [1.54, 1.807) is 31.5 Å². The fourth-order valence-electron chi connectivity index (χ4n) is 3.75. The number of benzene rings is 1. The van der Waals surface area contributed by atoms with Gasteiger partial charge in [0, 0.05) is 25.0 Å². The summed E-state index contributed by atoms with van der Waals surface area (Å²) in [6, 6.07) is 4.31. The van der Waals surface area contributed by atoms with E-state index >= 15 is 0 Å². The van der Waals surface area contributed by atoms with Crippen molar-refractivity contribution in [3.05, 3.63) is 52.1 Å². The van der Waals surface area contributed by atoms with Crippen molar-refractivity contribution >= 4 is 23.3 Å². The van der Waals surface area contributed by atoms with Gasteiger partial charge in [0.2, 0.25) is 0 Å². The Morgan fingerprint density at radius 3 is 2.44 bits per heavy atom. The zero-order valence-corrected chi connectivity index (χ0v) is 19.1. The number of aliphatic hydroxyl groups is 1. The minimum atomic E-state index is -1.16. The number of amides is 2. The van der Waals surface area contributed by atoms with Crippen LogP contribution >= 0.6 is 0 Å². The molecule has 1 aromatic carbocycles. The van der Waals surface area contributed by atoms with Crippen LogP contribution < -0.4 is 10.6 Å². The Morgan fingerprint density at radius 2 is 1.88 bits per heavy atom. The van der Waals surface area contributed by atoms with Crippen LogP contribution in [0.15, 0.2) is 18.2 Å². The molecule has 1 aromatic heterocycles. The lowest BCUT2D eigenvalue weighted by Crippen LogP contribution is -2.41. The van der Waals surface area contributed by atoms with E-state index in [0.717, 1.165) is 12.8 Å². The van der Waals surface area contributed by atoms with Crippen molar-refractivity contribution in [2.75, 3.05) is 11.9 Å². The van der Waals surface area contributed by atoms with Crippen LogP contribution in [0.1, 0.15) is 64.4 Å². The van der Waals surface area contributed by atoms with Crippen molar-refractivity contribution in [2.45, 2.75) is 52.6 Å². The quantitative estimate of drug-likeness (QED) is 0.431. The molecule has 0 unspecified atom stereocenters. The summed E-state index contributed by atoms with van der Waals surface area (Å²) >= 11 is 0. The number of halogens is 1. The predicted octanol–water partition coefficient (Wildman–Crippen LogP) is 3.06. The average Bonchev–Trinajstić information content (AvgIpc) is 3.47. The highest BCUT2D eigenvalue weighted by atomic mass is 19.1. The van der Waals surface area contributed by atoms with Gasteiger partial charge in [-0.2, -0.15) is 0 Å². The summed E-state index contributed by atoms with van der Waals surface area (Å²) in [6.45, 7) is 6.24. The summed E-state index contributed by atoms with van der Waals surface area (Å²) in [6.07, 6.45) is 2.73. The summed E-state index contributed by atoms with van der Waals surface area (Å²) in [5.74, 6) is -1.93. The molecule has 0 radical (unpaired) electrons. The third-order valence-electron chi connectivity index (χ3n) is 5.68. The van der Waals surface area contributed by atoms with Crippen LogP contribution in [0.25, 0.3) is 0 Å². The standard InChI is InChI=1S/C24H30FN3O4/c1-13-10-16(8-9-17(13)25)27-22(30)19-14(2)20(28(5)18(19)11-15-6-7-15)21(29)23(31)26-12-24(3,4)32/h8-10,15,32H,6-7,11-12H2,1-5H3,(H,26,31)(H,27,30). The maximum absolute atomic E-state index is 13.6. The number of ketones is 1. The Hall–Kier alpha value is -3.00. The molecule has 1 heterocycles. The smallest absolute Gasteiger partial charge is 0.294 e. The minimum absolute atomic E-state index is 0.0762. The van der Waals surface area contributed by atoms with E-state index in [1.165, 1.54) is 26.0 Å². The normalized spacial score (nSPS) is 13.7. The number of carbonyl (C=O) groups is 3. The molecule has 3 rings (SSSR count). The van der Waals surface area contributed by atoms with E-state index in [2.05, 4.69) is 10.6 Å². The minimum Gasteiger partial charge on any atom is -0.389 e. The topological polar surface area (TPSA) is 100 Å². The molecule has 2 amide bonds. The monoisotopic (exact) mass is 443 g/mol. The molecule has 8 heteroatoms. The largest absolute Gasteiger partial charge is 0.389 e. The molecule has 3 N–H and O–H groups in total. The zero-order valence-electron chi connectivity index (χ0n) is 19.1. The van der Waals surface area contributed by atoms with Crippen LogP contribution in [-0.4, -0.2) is 39.4 Å². The molecule has 1 aliphatic rings. The van der Waals surface area contributed by atoms with E-state index in [0.29, 0.717) is 40.4 Å². The van der Waals surface area contributed by atoms with E-state index in [9.17, 15) is 23.9 Å². The Kier molecular flexibility index (Phi) is 6.55. The number of rotatable bonds is 8. The van der Waals surface area contributed by atoms with Crippen molar-refractivity contribution in [1.29, 1.82) is 0 Å². The molecular weight excluding hydrogens is 413 g/mol. The average molecular weight is 444 g/mol. The van der Waals surface area contributed by atoms with Gasteiger partial charge in [-0.3, -0.25) is 14.4 Å². The number of anilines is 1. The van der Waals surface area contributed by atoms with Crippen LogP contribution in [-0.2, 0) is 18.3 Å². The highest BCUT2D eigenvalue weighted by molar-refractivity contribution is 6.43. The first-order valence-electron chi connectivity index (χ1n) is 10.7. The number of aromatic nitrogens is 1. The van der Waals surface area contributed by atoms with Crippen molar-refractivity contribution in [3.63, 3.8) is 0 Å². The molecule has 0 saturated heterocycles. The van der Waals surface area contributed by atoms with Crippen LogP contribution in [0.2, 0.25) is 0 Å². The lowest BCUT2D eigenvalue weighted by molar-refractivity contribution is -0.118. The number of hydrogen-bond donors (Lipinski definition) is 3. The van der Waals surface area contributed by atoms with Gasteiger partial charge in [0.1, 0.15) is 5.82 Å². The van der Waals surface area contributed by atoms with Crippen LogP contribution in [0.4, 0.5) is 10.1 Å². The second kappa shape index (κ2) is 8.86. The Morgan fingerprint density at radius 1 is 1.22 bits per heavy atom. The van der Waals surface area contributed by atoms with E-state index in [-0.39, 0.29) is 18.1 Å². The highest BCUT2D eigenvalue weighted by Gasteiger charge is 2.33. The lowest BCUT2D eigenvalue weighted by Gasteiger charge is -2.17. The number of Topliss-reactive ketones (excluding diaryl/α,β-unsaturated/α-hetero) is 1.